The summed E-state index contributed by atoms with van der Waals surface area (Å²) in [6.45, 7) is 2.03. The molecule has 0 aliphatic carbocycles. The van der Waals surface area contributed by atoms with Crippen molar-refractivity contribution in [2.24, 2.45) is 7.05 Å². The topological polar surface area (TPSA) is 87.2 Å². The van der Waals surface area contributed by atoms with Gasteiger partial charge in [-0.3, -0.25) is 0 Å². The molecule has 36 heavy (non-hydrogen) atoms. The summed E-state index contributed by atoms with van der Waals surface area (Å²) in [6, 6.07) is 16.4. The van der Waals surface area contributed by atoms with Crippen molar-refractivity contribution >= 4 is 11.1 Å². The number of hydrogen-bond donors (Lipinski definition) is 1. The molecule has 0 bridgehead atoms. The average molecular weight is 488 g/mol. The molecule has 0 fully saturated rings. The van der Waals surface area contributed by atoms with E-state index in [4.69, 9.17) is 18.9 Å². The summed E-state index contributed by atoms with van der Waals surface area (Å²) in [5, 5.41) is 11.4. The van der Waals surface area contributed by atoms with Crippen molar-refractivity contribution in [1.82, 2.24) is 25.1 Å². The minimum absolute atomic E-state index is 0.341. The number of nitrogens with zero attached hydrogens (tertiary/aromatic N) is 4. The minimum atomic E-state index is -0.341. The van der Waals surface area contributed by atoms with Gasteiger partial charge in [0.1, 0.15) is 17.7 Å². The lowest BCUT2D eigenvalue weighted by molar-refractivity contribution is 0.199. The molecule has 0 aliphatic heterocycles. The molecular formula is C27H26FN5O3. The lowest BCUT2D eigenvalue weighted by Crippen LogP contribution is -2.18. The third-order valence-corrected chi connectivity index (χ3v) is 5.90. The zero-order valence-corrected chi connectivity index (χ0v) is 20.3. The number of halogens is 1. The summed E-state index contributed by atoms with van der Waals surface area (Å²) in [5.74, 6) is 1.32. The number of hydrogen-bond acceptors (Lipinski definition) is 7. The van der Waals surface area contributed by atoms with Gasteiger partial charge in [0.05, 0.1) is 13.7 Å². The van der Waals surface area contributed by atoms with Crippen LogP contribution in [0.5, 0.6) is 5.75 Å². The first-order valence-electron chi connectivity index (χ1n) is 11.5. The second-order valence-electron chi connectivity index (χ2n) is 8.37. The van der Waals surface area contributed by atoms with Crippen molar-refractivity contribution in [3.05, 3.63) is 72.3 Å². The normalized spacial score (nSPS) is 11.3. The standard InChI is InChI=1S/C27H26FN5O3/c1-33-16-30-32-26(33)22-14-20(28)7-8-21(22)18-5-4-6-19(13-18)27-31-23-11-17(15-29-9-10-34-2)12-24(35-3)25(23)36-27/h4-8,11-14,16,29H,9-10,15H2,1-3H3. The van der Waals surface area contributed by atoms with Gasteiger partial charge in [-0.05, 0) is 53.1 Å². The highest BCUT2D eigenvalue weighted by Gasteiger charge is 2.17. The third-order valence-electron chi connectivity index (χ3n) is 5.90. The maximum Gasteiger partial charge on any atom is 0.227 e. The monoisotopic (exact) mass is 487 g/mol. The molecule has 2 heterocycles. The molecule has 0 saturated heterocycles. The van der Waals surface area contributed by atoms with E-state index >= 15 is 0 Å². The summed E-state index contributed by atoms with van der Waals surface area (Å²) in [7, 11) is 5.12. The van der Waals surface area contributed by atoms with Crippen LogP contribution >= 0.6 is 0 Å². The molecule has 3 aromatic carbocycles. The van der Waals surface area contributed by atoms with Gasteiger partial charge in [-0.15, -0.1) is 10.2 Å². The fourth-order valence-corrected chi connectivity index (χ4v) is 4.14. The van der Waals surface area contributed by atoms with Crippen LogP contribution in [0.3, 0.4) is 0 Å². The Labute approximate surface area is 207 Å². The Morgan fingerprint density at radius 3 is 2.67 bits per heavy atom. The van der Waals surface area contributed by atoms with E-state index in [2.05, 4.69) is 15.5 Å². The van der Waals surface area contributed by atoms with Gasteiger partial charge in [-0.1, -0.05) is 18.2 Å². The van der Waals surface area contributed by atoms with Crippen LogP contribution in [0.1, 0.15) is 5.56 Å². The van der Waals surface area contributed by atoms with Gasteiger partial charge in [0, 0.05) is 38.4 Å². The first kappa shape index (κ1) is 23.7. The molecule has 0 spiro atoms. The predicted octanol–water partition coefficient (Wildman–Crippen LogP) is 4.84. The Morgan fingerprint density at radius 2 is 1.89 bits per heavy atom. The van der Waals surface area contributed by atoms with Gasteiger partial charge in [0.15, 0.2) is 17.2 Å². The number of aryl methyl sites for hydroxylation is 1. The fourth-order valence-electron chi connectivity index (χ4n) is 4.14. The smallest absolute Gasteiger partial charge is 0.227 e. The molecule has 1 N–H and O–H groups in total. The van der Waals surface area contributed by atoms with Gasteiger partial charge in [-0.2, -0.15) is 0 Å². The summed E-state index contributed by atoms with van der Waals surface area (Å²) >= 11 is 0. The number of ether oxygens (including phenoxy) is 2. The maximum atomic E-state index is 14.2. The van der Waals surface area contributed by atoms with Crippen LogP contribution in [0.25, 0.3) is 45.1 Å². The van der Waals surface area contributed by atoms with Gasteiger partial charge < -0.3 is 23.8 Å². The van der Waals surface area contributed by atoms with Crippen LogP contribution < -0.4 is 10.1 Å². The second kappa shape index (κ2) is 10.3. The van der Waals surface area contributed by atoms with Crippen molar-refractivity contribution in [2.45, 2.75) is 6.54 Å². The summed E-state index contributed by atoms with van der Waals surface area (Å²) in [6.07, 6.45) is 1.59. The molecular weight excluding hydrogens is 461 g/mol. The third kappa shape index (κ3) is 4.71. The van der Waals surface area contributed by atoms with Crippen molar-refractivity contribution in [2.75, 3.05) is 27.4 Å². The molecule has 0 atom stereocenters. The highest BCUT2D eigenvalue weighted by Crippen LogP contribution is 2.36. The second-order valence-corrected chi connectivity index (χ2v) is 8.37. The molecule has 0 aliphatic rings. The van der Waals surface area contributed by atoms with E-state index in [-0.39, 0.29) is 5.82 Å². The number of methoxy groups -OCH3 is 2. The number of benzene rings is 3. The van der Waals surface area contributed by atoms with Gasteiger partial charge >= 0.3 is 0 Å². The molecule has 0 unspecified atom stereocenters. The Bertz CT molecular complexity index is 1510. The number of aromatic nitrogens is 4. The van der Waals surface area contributed by atoms with Gasteiger partial charge in [0.25, 0.3) is 0 Å². The van der Waals surface area contributed by atoms with Crippen LogP contribution in [-0.4, -0.2) is 47.1 Å². The quantitative estimate of drug-likeness (QED) is 0.298. The number of oxazole rings is 1. The zero-order valence-electron chi connectivity index (χ0n) is 20.3. The SMILES string of the molecule is COCCNCc1cc(OC)c2oc(-c3cccc(-c4ccc(F)cc4-c4nncn4C)c3)nc2c1. The molecule has 2 aromatic heterocycles. The molecule has 8 nitrogen and oxygen atoms in total. The highest BCUT2D eigenvalue weighted by atomic mass is 19.1. The average Bonchev–Trinajstić information content (AvgIpc) is 3.52. The van der Waals surface area contributed by atoms with E-state index in [0.29, 0.717) is 47.3 Å². The number of fused-ring (bicyclic) bond motifs is 1. The molecule has 9 heteroatoms. The van der Waals surface area contributed by atoms with Crippen molar-refractivity contribution in [3.63, 3.8) is 0 Å². The maximum absolute atomic E-state index is 14.2. The van der Waals surface area contributed by atoms with Crippen LogP contribution in [0.2, 0.25) is 0 Å². The number of nitrogens with one attached hydrogen (secondary N) is 1. The molecule has 0 radical (unpaired) electrons. The van der Waals surface area contributed by atoms with E-state index in [1.54, 1.807) is 31.2 Å². The lowest BCUT2D eigenvalue weighted by Gasteiger charge is -2.10. The van der Waals surface area contributed by atoms with Crippen molar-refractivity contribution in [1.29, 1.82) is 0 Å². The minimum Gasteiger partial charge on any atom is -0.493 e. The molecule has 0 saturated carbocycles. The first-order valence-corrected chi connectivity index (χ1v) is 11.5. The summed E-state index contributed by atoms with van der Waals surface area (Å²) < 4.78 is 32.7. The molecule has 5 aromatic rings. The number of rotatable bonds is 9. The Balaban J connectivity index is 1.52. The van der Waals surface area contributed by atoms with Gasteiger partial charge in [-0.25, -0.2) is 9.37 Å². The molecule has 0 amide bonds. The van der Waals surface area contributed by atoms with Crippen molar-refractivity contribution < 1.29 is 18.3 Å². The van der Waals surface area contributed by atoms with E-state index in [9.17, 15) is 4.39 Å². The summed E-state index contributed by atoms with van der Waals surface area (Å²) in [5.41, 5.74) is 5.47. The van der Waals surface area contributed by atoms with Crippen LogP contribution in [-0.2, 0) is 18.3 Å². The van der Waals surface area contributed by atoms with Crippen LogP contribution in [0.15, 0.2) is 65.3 Å². The Kier molecular flexibility index (Phi) is 6.75. The van der Waals surface area contributed by atoms with Gasteiger partial charge in [0.2, 0.25) is 5.89 Å². The Morgan fingerprint density at radius 1 is 1.03 bits per heavy atom. The zero-order chi connectivity index (χ0) is 25.1. The van der Waals surface area contributed by atoms with Crippen LogP contribution in [0.4, 0.5) is 4.39 Å². The highest BCUT2D eigenvalue weighted by molar-refractivity contribution is 5.85. The van der Waals surface area contributed by atoms with E-state index < -0.39 is 0 Å². The fraction of sp³-hybridized carbons (Fsp3) is 0.222. The van der Waals surface area contributed by atoms with E-state index in [1.807, 2.05) is 43.4 Å². The lowest BCUT2D eigenvalue weighted by atomic mass is 9.97. The van der Waals surface area contributed by atoms with Crippen LogP contribution in [0, 0.1) is 5.82 Å². The van der Waals surface area contributed by atoms with E-state index in [1.165, 1.54) is 12.1 Å². The van der Waals surface area contributed by atoms with Crippen molar-refractivity contribution in [3.8, 4) is 39.7 Å². The Hall–Kier alpha value is -4.08. The molecule has 184 valence electrons. The predicted molar refractivity (Wildman–Crippen MR) is 135 cm³/mol. The van der Waals surface area contributed by atoms with E-state index in [0.717, 1.165) is 28.8 Å². The molecule has 5 rings (SSSR count). The first-order chi connectivity index (χ1) is 17.6. The largest absolute Gasteiger partial charge is 0.493 e. The summed E-state index contributed by atoms with van der Waals surface area (Å²) in [4.78, 5) is 4.75.